The summed E-state index contributed by atoms with van der Waals surface area (Å²) in [5.74, 6) is 0.0254. The molecule has 1 aromatic rings. The van der Waals surface area contributed by atoms with Crippen LogP contribution in [0.1, 0.15) is 31.2 Å². The van der Waals surface area contributed by atoms with Gasteiger partial charge in [0.2, 0.25) is 0 Å². The van der Waals surface area contributed by atoms with Crippen molar-refractivity contribution in [2.24, 2.45) is 11.7 Å². The van der Waals surface area contributed by atoms with Gasteiger partial charge in [-0.25, -0.2) is 0 Å². The predicted octanol–water partition coefficient (Wildman–Crippen LogP) is 3.40. The van der Waals surface area contributed by atoms with E-state index in [9.17, 15) is 4.79 Å². The normalized spacial score (nSPS) is 27.4. The van der Waals surface area contributed by atoms with E-state index in [2.05, 4.69) is 41.8 Å². The Morgan fingerprint density at radius 1 is 1.26 bits per heavy atom. The van der Waals surface area contributed by atoms with Gasteiger partial charge in [0, 0.05) is 0 Å². The second-order valence-electron chi connectivity index (χ2n) is 5.96. The third-order valence-corrected chi connectivity index (χ3v) is 9.89. The summed E-state index contributed by atoms with van der Waals surface area (Å²) in [4.78, 5) is 11.3. The van der Waals surface area contributed by atoms with Gasteiger partial charge in [-0.1, -0.05) is 0 Å². The molecular weight excluding hydrogens is 297 g/mol. The maximum atomic E-state index is 11.3. The van der Waals surface area contributed by atoms with Crippen LogP contribution >= 0.6 is 0 Å². The van der Waals surface area contributed by atoms with Gasteiger partial charge in [0.05, 0.1) is 0 Å². The predicted molar refractivity (Wildman–Crippen MR) is 81.5 cm³/mol. The molecule has 0 radical (unpaired) electrons. The fraction of sp³-hybridized carbons (Fsp3) is 0.562. The Bertz CT molecular complexity index is 422. The zero-order valence-corrected chi connectivity index (χ0v) is 13.8. The Morgan fingerprint density at radius 2 is 1.84 bits per heavy atom. The first-order chi connectivity index (χ1) is 9.03. The molecule has 1 fully saturated rings. The summed E-state index contributed by atoms with van der Waals surface area (Å²) in [6.07, 6.45) is 5.54. The molecule has 0 saturated heterocycles. The summed E-state index contributed by atoms with van der Waals surface area (Å²) in [6, 6.07) is 10.8. The number of nitrogens with two attached hydrogens (primary N) is 1. The van der Waals surface area contributed by atoms with Gasteiger partial charge in [0.25, 0.3) is 0 Å². The molecule has 0 aliphatic heterocycles. The average Bonchev–Trinajstić information content (AvgIpc) is 2.40. The molecule has 1 aliphatic carbocycles. The molecule has 2 rings (SSSR count). The Labute approximate surface area is 121 Å². The minimum atomic E-state index is -0.839. The Morgan fingerprint density at radius 3 is 2.32 bits per heavy atom. The molecule has 1 aliphatic rings. The number of amides is 1. The Balaban J connectivity index is 2.10. The van der Waals surface area contributed by atoms with Crippen molar-refractivity contribution in [2.45, 2.75) is 47.7 Å². The number of primary amides is 1. The van der Waals surface area contributed by atoms with Crippen LogP contribution in [-0.2, 0) is 11.2 Å². The molecule has 0 atom stereocenters. The summed E-state index contributed by atoms with van der Waals surface area (Å²) in [6.45, 7) is 0. The van der Waals surface area contributed by atoms with E-state index >= 15 is 0 Å². The van der Waals surface area contributed by atoms with Crippen molar-refractivity contribution in [3.8, 4) is 0 Å². The number of hydrogen-bond donors (Lipinski definition) is 1. The first kappa shape index (κ1) is 14.7. The summed E-state index contributed by atoms with van der Waals surface area (Å²) in [5, 5.41) is 0. The van der Waals surface area contributed by atoms with Crippen LogP contribution in [0.3, 0.4) is 0 Å². The zero-order valence-electron chi connectivity index (χ0n) is 11.9. The van der Waals surface area contributed by atoms with Crippen LogP contribution in [0.25, 0.3) is 0 Å². The summed E-state index contributed by atoms with van der Waals surface area (Å²) in [5.41, 5.74) is 11.8. The van der Waals surface area contributed by atoms with Crippen molar-refractivity contribution in [2.75, 3.05) is 0 Å². The molecule has 0 heterocycles. The van der Waals surface area contributed by atoms with Gasteiger partial charge in [-0.2, -0.15) is 0 Å². The van der Waals surface area contributed by atoms with E-state index in [4.69, 9.17) is 5.73 Å². The molecular formula is C16H24AsNO. The number of carbonyl (C=O) groups excluding carboxylic acids is 1. The van der Waals surface area contributed by atoms with E-state index in [1.165, 1.54) is 24.8 Å². The molecule has 2 nitrogen and oxygen atoms in total. The molecule has 19 heavy (non-hydrogen) atoms. The van der Waals surface area contributed by atoms with E-state index in [1.807, 2.05) is 0 Å². The van der Waals surface area contributed by atoms with Gasteiger partial charge < -0.3 is 0 Å². The van der Waals surface area contributed by atoms with E-state index in [0.717, 1.165) is 12.8 Å². The standard InChI is InChI=1S/C16H24AsNO/c1-17(2)16(12-13-6-4-3-5-7-13)10-8-14(9-11-16)15(18)19/h3-7,14H,8-12H2,1-2H3,(H2,18,19). The van der Waals surface area contributed by atoms with Crippen LogP contribution in [0.4, 0.5) is 0 Å². The zero-order chi connectivity index (χ0) is 13.9. The van der Waals surface area contributed by atoms with Gasteiger partial charge in [0.15, 0.2) is 0 Å². The van der Waals surface area contributed by atoms with Gasteiger partial charge in [-0.3, -0.25) is 0 Å². The van der Waals surface area contributed by atoms with Crippen molar-refractivity contribution in [1.82, 2.24) is 0 Å². The van der Waals surface area contributed by atoms with E-state index in [-0.39, 0.29) is 11.8 Å². The van der Waals surface area contributed by atoms with Crippen LogP contribution in [0, 0.1) is 5.92 Å². The van der Waals surface area contributed by atoms with Crippen molar-refractivity contribution in [1.29, 1.82) is 0 Å². The van der Waals surface area contributed by atoms with Crippen molar-refractivity contribution < 1.29 is 4.79 Å². The second-order valence-corrected chi connectivity index (χ2v) is 11.7. The maximum absolute atomic E-state index is 11.3. The van der Waals surface area contributed by atoms with Crippen molar-refractivity contribution >= 4 is 20.6 Å². The second kappa shape index (κ2) is 6.13. The average molecular weight is 321 g/mol. The fourth-order valence-electron chi connectivity index (χ4n) is 3.20. The number of carbonyl (C=O) groups is 1. The van der Waals surface area contributed by atoms with Crippen LogP contribution < -0.4 is 5.73 Å². The molecule has 0 bridgehead atoms. The summed E-state index contributed by atoms with van der Waals surface area (Å²) >= 11 is -0.839. The van der Waals surface area contributed by atoms with Gasteiger partial charge in [-0.15, -0.1) is 0 Å². The SMILES string of the molecule is C[As](C)C1(Cc2ccccc2)CCC(C(N)=O)CC1. The van der Waals surface area contributed by atoms with Crippen LogP contribution in [0.5, 0.6) is 0 Å². The van der Waals surface area contributed by atoms with Gasteiger partial charge in [0.1, 0.15) is 0 Å². The molecule has 0 aromatic heterocycles. The molecule has 3 heteroatoms. The van der Waals surface area contributed by atoms with Crippen LogP contribution in [-0.4, -0.2) is 20.6 Å². The fourth-order valence-corrected chi connectivity index (χ4v) is 6.66. The first-order valence-electron chi connectivity index (χ1n) is 7.04. The van der Waals surface area contributed by atoms with Crippen molar-refractivity contribution in [3.05, 3.63) is 35.9 Å². The molecule has 1 saturated carbocycles. The molecule has 2 N–H and O–H groups in total. The third-order valence-electron chi connectivity index (χ3n) is 4.64. The Hall–Kier alpha value is -0.752. The first-order valence-corrected chi connectivity index (χ1v) is 11.7. The topological polar surface area (TPSA) is 43.1 Å². The summed E-state index contributed by atoms with van der Waals surface area (Å²) < 4.78 is 0.486. The van der Waals surface area contributed by atoms with Gasteiger partial charge >= 0.3 is 121 Å². The molecule has 0 unspecified atom stereocenters. The van der Waals surface area contributed by atoms with Gasteiger partial charge in [-0.05, 0) is 0 Å². The quantitative estimate of drug-likeness (QED) is 0.849. The minimum absolute atomic E-state index is 0.0976. The molecule has 104 valence electrons. The number of rotatable bonds is 4. The number of benzene rings is 1. The van der Waals surface area contributed by atoms with E-state index < -0.39 is 14.7 Å². The third kappa shape index (κ3) is 3.42. The van der Waals surface area contributed by atoms with Crippen LogP contribution in [0.15, 0.2) is 30.3 Å². The number of hydrogen-bond acceptors (Lipinski definition) is 1. The van der Waals surface area contributed by atoms with E-state index in [1.54, 1.807) is 0 Å². The Kier molecular flexibility index (Phi) is 4.73. The molecule has 1 aromatic carbocycles. The van der Waals surface area contributed by atoms with E-state index in [0.29, 0.717) is 4.20 Å². The molecule has 1 amide bonds. The van der Waals surface area contributed by atoms with Crippen molar-refractivity contribution in [3.63, 3.8) is 0 Å². The van der Waals surface area contributed by atoms with Crippen LogP contribution in [0.2, 0.25) is 15.6 Å². The monoisotopic (exact) mass is 321 g/mol. The summed E-state index contributed by atoms with van der Waals surface area (Å²) in [7, 11) is 0. The molecule has 0 spiro atoms.